The average Bonchev–Trinajstić information content (AvgIpc) is 2.41. The molecule has 0 aliphatic carbocycles. The van der Waals surface area contributed by atoms with E-state index >= 15 is 0 Å². The van der Waals surface area contributed by atoms with Crippen LogP contribution in [0.1, 0.15) is 26.2 Å². The van der Waals surface area contributed by atoms with Crippen LogP contribution in [0.25, 0.3) is 10.4 Å². The lowest BCUT2D eigenvalue weighted by atomic mass is 9.96. The predicted octanol–water partition coefficient (Wildman–Crippen LogP) is 0.764. The minimum atomic E-state index is -0.320. The molecule has 0 spiro atoms. The van der Waals surface area contributed by atoms with Crippen LogP contribution in [0.4, 0.5) is 0 Å². The maximum absolute atomic E-state index is 11.9. The summed E-state index contributed by atoms with van der Waals surface area (Å²) in [7, 11) is 0. The minimum Gasteiger partial charge on any atom is -0.379 e. The van der Waals surface area contributed by atoms with Gasteiger partial charge in [-0.2, -0.15) is 0 Å². The molecule has 0 unspecified atom stereocenters. The Morgan fingerprint density at radius 3 is 2.80 bits per heavy atom. The normalized spacial score (nSPS) is 11.5. The standard InChI is InChI=1S/C12H23N5O3/c1-10(18)9-11(3-2-4-13)12(19)15-5-7-20-8-6-16-17-14/h11H,2-9,13H2,1H3,(H,15,19)/t11-/m1/s1. The van der Waals surface area contributed by atoms with E-state index in [9.17, 15) is 9.59 Å². The maximum Gasteiger partial charge on any atom is 0.223 e. The molecule has 0 aliphatic rings. The van der Waals surface area contributed by atoms with Crippen LogP contribution >= 0.6 is 0 Å². The molecule has 0 saturated heterocycles. The lowest BCUT2D eigenvalue weighted by Crippen LogP contribution is -2.34. The van der Waals surface area contributed by atoms with E-state index in [1.54, 1.807) is 0 Å². The van der Waals surface area contributed by atoms with Crippen LogP contribution in [0.15, 0.2) is 5.11 Å². The number of nitrogens with one attached hydrogen (secondary N) is 1. The number of nitrogens with zero attached hydrogens (tertiary/aromatic N) is 3. The lowest BCUT2D eigenvalue weighted by molar-refractivity contribution is -0.129. The van der Waals surface area contributed by atoms with Gasteiger partial charge in [-0.15, -0.1) is 0 Å². The van der Waals surface area contributed by atoms with Crippen molar-refractivity contribution >= 4 is 11.7 Å². The maximum atomic E-state index is 11.9. The highest BCUT2D eigenvalue weighted by Gasteiger charge is 2.19. The average molecular weight is 285 g/mol. The first kappa shape index (κ1) is 18.4. The molecule has 3 N–H and O–H groups in total. The molecule has 0 aliphatic heterocycles. The third kappa shape index (κ3) is 10.3. The molecule has 0 aromatic carbocycles. The molecule has 0 aromatic rings. The van der Waals surface area contributed by atoms with Gasteiger partial charge in [-0.25, -0.2) is 0 Å². The molecular formula is C12H23N5O3. The minimum absolute atomic E-state index is 0.00668. The summed E-state index contributed by atoms with van der Waals surface area (Å²) >= 11 is 0. The Hall–Kier alpha value is -1.63. The molecule has 0 bridgehead atoms. The molecular weight excluding hydrogens is 262 g/mol. The van der Waals surface area contributed by atoms with Gasteiger partial charge in [0.15, 0.2) is 0 Å². The van der Waals surface area contributed by atoms with E-state index in [1.807, 2.05) is 0 Å². The molecule has 0 saturated carbocycles. The zero-order valence-electron chi connectivity index (χ0n) is 11.9. The Bertz CT molecular complexity index is 342. The van der Waals surface area contributed by atoms with E-state index in [0.29, 0.717) is 39.1 Å². The summed E-state index contributed by atoms with van der Waals surface area (Å²) in [6.45, 7) is 3.28. The Morgan fingerprint density at radius 1 is 1.45 bits per heavy atom. The summed E-state index contributed by atoms with van der Waals surface area (Å²) in [5.74, 6) is -0.473. The van der Waals surface area contributed by atoms with Gasteiger partial charge < -0.3 is 20.6 Å². The van der Waals surface area contributed by atoms with Crippen molar-refractivity contribution < 1.29 is 14.3 Å². The number of azide groups is 1. The smallest absolute Gasteiger partial charge is 0.223 e. The highest BCUT2D eigenvalue weighted by atomic mass is 16.5. The Kier molecular flexibility index (Phi) is 11.4. The lowest BCUT2D eigenvalue weighted by Gasteiger charge is -2.15. The second kappa shape index (κ2) is 12.4. The SMILES string of the molecule is CC(=O)C[C@@H](CCCN)C(=O)NCCOCCN=[N+]=[N-]. The number of ketones is 1. The highest BCUT2D eigenvalue weighted by Crippen LogP contribution is 2.11. The first-order chi connectivity index (χ1) is 9.61. The van der Waals surface area contributed by atoms with Crippen molar-refractivity contribution in [1.82, 2.24) is 5.32 Å². The van der Waals surface area contributed by atoms with Crippen molar-refractivity contribution in [2.24, 2.45) is 16.8 Å². The number of nitrogens with two attached hydrogens (primary N) is 1. The second-order valence-corrected chi connectivity index (χ2v) is 4.39. The summed E-state index contributed by atoms with van der Waals surface area (Å²) in [6.07, 6.45) is 1.57. The molecule has 8 nitrogen and oxygen atoms in total. The summed E-state index contributed by atoms with van der Waals surface area (Å²) in [4.78, 5) is 25.6. The molecule has 0 radical (unpaired) electrons. The summed E-state index contributed by atoms with van der Waals surface area (Å²) < 4.78 is 5.16. The number of hydrogen-bond acceptors (Lipinski definition) is 5. The molecule has 1 amide bonds. The van der Waals surface area contributed by atoms with Gasteiger partial charge in [0.25, 0.3) is 0 Å². The van der Waals surface area contributed by atoms with Crippen molar-refractivity contribution in [3.8, 4) is 0 Å². The van der Waals surface area contributed by atoms with Crippen LogP contribution in [0.3, 0.4) is 0 Å². The molecule has 0 fully saturated rings. The predicted molar refractivity (Wildman–Crippen MR) is 74.9 cm³/mol. The van der Waals surface area contributed by atoms with Crippen LogP contribution in [-0.4, -0.2) is 44.5 Å². The van der Waals surface area contributed by atoms with Crippen molar-refractivity contribution in [3.05, 3.63) is 10.4 Å². The Balaban J connectivity index is 3.87. The largest absolute Gasteiger partial charge is 0.379 e. The highest BCUT2D eigenvalue weighted by molar-refractivity contribution is 5.85. The number of hydrogen-bond donors (Lipinski definition) is 2. The fourth-order valence-corrected chi connectivity index (χ4v) is 1.68. The van der Waals surface area contributed by atoms with Crippen LogP contribution in [0.2, 0.25) is 0 Å². The number of rotatable bonds is 12. The van der Waals surface area contributed by atoms with E-state index in [4.69, 9.17) is 16.0 Å². The molecule has 114 valence electrons. The van der Waals surface area contributed by atoms with Gasteiger partial charge in [0.2, 0.25) is 5.91 Å². The molecule has 0 aromatic heterocycles. The third-order valence-electron chi connectivity index (χ3n) is 2.61. The van der Waals surface area contributed by atoms with Gasteiger partial charge in [0.1, 0.15) is 5.78 Å². The first-order valence-electron chi connectivity index (χ1n) is 6.67. The van der Waals surface area contributed by atoms with Crippen molar-refractivity contribution in [3.63, 3.8) is 0 Å². The van der Waals surface area contributed by atoms with Crippen LogP contribution in [0, 0.1) is 5.92 Å². The van der Waals surface area contributed by atoms with Gasteiger partial charge >= 0.3 is 0 Å². The third-order valence-corrected chi connectivity index (χ3v) is 2.61. The quantitative estimate of drug-likeness (QED) is 0.237. The molecule has 20 heavy (non-hydrogen) atoms. The summed E-state index contributed by atoms with van der Waals surface area (Å²) in [5.41, 5.74) is 13.5. The second-order valence-electron chi connectivity index (χ2n) is 4.39. The van der Waals surface area contributed by atoms with E-state index < -0.39 is 0 Å². The Labute approximate surface area is 118 Å². The number of carbonyl (C=O) groups excluding carboxylic acids is 2. The van der Waals surface area contributed by atoms with E-state index in [0.717, 1.165) is 0 Å². The fourth-order valence-electron chi connectivity index (χ4n) is 1.68. The fraction of sp³-hybridized carbons (Fsp3) is 0.833. The summed E-state index contributed by atoms with van der Waals surface area (Å²) in [6, 6.07) is 0. The van der Waals surface area contributed by atoms with Gasteiger partial charge in [0.05, 0.1) is 13.2 Å². The molecule has 0 rings (SSSR count). The van der Waals surface area contributed by atoms with Crippen molar-refractivity contribution in [1.29, 1.82) is 0 Å². The number of ether oxygens (including phenoxy) is 1. The van der Waals surface area contributed by atoms with E-state index in [2.05, 4.69) is 15.3 Å². The monoisotopic (exact) mass is 285 g/mol. The van der Waals surface area contributed by atoms with Gasteiger partial charge in [0, 0.05) is 30.3 Å². The van der Waals surface area contributed by atoms with Gasteiger partial charge in [-0.05, 0) is 31.8 Å². The van der Waals surface area contributed by atoms with Gasteiger partial charge in [-0.3, -0.25) is 4.79 Å². The molecule has 1 atom stereocenters. The zero-order valence-corrected chi connectivity index (χ0v) is 11.9. The molecule has 8 heteroatoms. The van der Waals surface area contributed by atoms with Crippen LogP contribution < -0.4 is 11.1 Å². The number of Topliss-reactive ketones (excluding diaryl/α,β-unsaturated/α-hetero) is 1. The number of carbonyl (C=O) groups is 2. The molecule has 0 heterocycles. The van der Waals surface area contributed by atoms with Crippen LogP contribution in [-0.2, 0) is 14.3 Å². The van der Waals surface area contributed by atoms with Crippen molar-refractivity contribution in [2.75, 3.05) is 32.8 Å². The first-order valence-corrected chi connectivity index (χ1v) is 6.67. The van der Waals surface area contributed by atoms with E-state index in [-0.39, 0.29) is 30.6 Å². The van der Waals surface area contributed by atoms with E-state index in [1.165, 1.54) is 6.92 Å². The number of amides is 1. The zero-order chi connectivity index (χ0) is 15.2. The Morgan fingerprint density at radius 2 is 2.20 bits per heavy atom. The topological polar surface area (TPSA) is 130 Å². The van der Waals surface area contributed by atoms with Crippen molar-refractivity contribution in [2.45, 2.75) is 26.2 Å². The van der Waals surface area contributed by atoms with Gasteiger partial charge in [-0.1, -0.05) is 5.11 Å². The van der Waals surface area contributed by atoms with Crippen LogP contribution in [0.5, 0.6) is 0 Å². The summed E-state index contributed by atoms with van der Waals surface area (Å²) in [5, 5.41) is 6.05.